The minimum absolute atomic E-state index is 0.0337. The van der Waals surface area contributed by atoms with Crippen molar-refractivity contribution in [3.63, 3.8) is 0 Å². The highest BCUT2D eigenvalue weighted by molar-refractivity contribution is 9.10. The molecule has 19 heavy (non-hydrogen) atoms. The molecule has 1 amide bonds. The molecule has 0 fully saturated rings. The largest absolute Gasteiger partial charge is 0.493 e. The predicted molar refractivity (Wildman–Crippen MR) is 69.3 cm³/mol. The molecule has 0 aromatic heterocycles. The Kier molecular flexibility index (Phi) is 6.17. The number of carbonyl (C=O) groups excluding carboxylic acids is 1. The van der Waals surface area contributed by atoms with Gasteiger partial charge >= 0.3 is 0 Å². The highest BCUT2D eigenvalue weighted by Gasteiger charge is 2.27. The zero-order chi connectivity index (χ0) is 14.3. The van der Waals surface area contributed by atoms with E-state index in [0.29, 0.717) is 5.75 Å². The molecule has 0 bridgehead atoms. The van der Waals surface area contributed by atoms with Crippen LogP contribution in [0.4, 0.5) is 8.78 Å². The van der Waals surface area contributed by atoms with Crippen LogP contribution in [0.1, 0.15) is 6.42 Å². The molecule has 0 aliphatic rings. The van der Waals surface area contributed by atoms with Crippen LogP contribution in [0.25, 0.3) is 0 Å². The van der Waals surface area contributed by atoms with Crippen molar-refractivity contribution in [1.29, 1.82) is 0 Å². The van der Waals surface area contributed by atoms with E-state index < -0.39 is 25.0 Å². The molecule has 0 saturated carbocycles. The first-order chi connectivity index (χ1) is 8.93. The number of carbonyl (C=O) groups is 1. The van der Waals surface area contributed by atoms with E-state index in [1.807, 2.05) is 11.4 Å². The van der Waals surface area contributed by atoms with E-state index in [1.165, 1.54) is 0 Å². The van der Waals surface area contributed by atoms with E-state index in [0.717, 1.165) is 4.47 Å². The molecular weight excluding hydrogens is 324 g/mol. The Morgan fingerprint density at radius 2 is 2.21 bits per heavy atom. The summed E-state index contributed by atoms with van der Waals surface area (Å²) in [6.07, 6.45) is -0.0337. The fraction of sp³-hybridized carbons (Fsp3) is 0.417. The molecule has 4 nitrogen and oxygen atoms in total. The summed E-state index contributed by atoms with van der Waals surface area (Å²) < 4.78 is 31.4. The Balaban J connectivity index is 2.24. The molecule has 1 aromatic rings. The van der Waals surface area contributed by atoms with Gasteiger partial charge in [-0.15, -0.1) is 0 Å². The van der Waals surface area contributed by atoms with Crippen LogP contribution < -0.4 is 10.1 Å². The standard InChI is InChI=1S/C12H14BrF2NO3/c13-9-2-1-3-10(6-9)19-5-4-11(18)16-7-12(14,15)8-17/h1-3,6,17H,4-5,7-8H2,(H,16,18). The summed E-state index contributed by atoms with van der Waals surface area (Å²) in [4.78, 5) is 11.2. The van der Waals surface area contributed by atoms with Gasteiger partial charge in [0.25, 0.3) is 5.92 Å². The number of hydrogen-bond acceptors (Lipinski definition) is 3. The molecule has 0 aliphatic carbocycles. The minimum Gasteiger partial charge on any atom is -0.493 e. The Morgan fingerprint density at radius 1 is 1.47 bits per heavy atom. The fourth-order valence-electron chi connectivity index (χ4n) is 1.19. The zero-order valence-corrected chi connectivity index (χ0v) is 11.6. The third-order valence-electron chi connectivity index (χ3n) is 2.17. The van der Waals surface area contributed by atoms with E-state index in [9.17, 15) is 13.6 Å². The van der Waals surface area contributed by atoms with Crippen LogP contribution >= 0.6 is 15.9 Å². The van der Waals surface area contributed by atoms with Crippen LogP contribution in [-0.2, 0) is 4.79 Å². The van der Waals surface area contributed by atoms with Gasteiger partial charge < -0.3 is 15.2 Å². The van der Waals surface area contributed by atoms with Crippen molar-refractivity contribution in [1.82, 2.24) is 5.32 Å². The number of amides is 1. The molecule has 7 heteroatoms. The summed E-state index contributed by atoms with van der Waals surface area (Å²) >= 11 is 3.27. The van der Waals surface area contributed by atoms with Crippen molar-refractivity contribution in [2.45, 2.75) is 12.3 Å². The number of nitrogens with one attached hydrogen (secondary N) is 1. The summed E-state index contributed by atoms with van der Waals surface area (Å²) in [5.41, 5.74) is 0. The minimum atomic E-state index is -3.29. The second-order valence-electron chi connectivity index (χ2n) is 3.85. The van der Waals surface area contributed by atoms with Crippen molar-refractivity contribution in [2.24, 2.45) is 0 Å². The summed E-state index contributed by atoms with van der Waals surface area (Å²) in [7, 11) is 0. The van der Waals surface area contributed by atoms with Crippen LogP contribution in [0, 0.1) is 0 Å². The van der Waals surface area contributed by atoms with Gasteiger partial charge in [-0.05, 0) is 18.2 Å². The molecule has 0 unspecified atom stereocenters. The highest BCUT2D eigenvalue weighted by Crippen LogP contribution is 2.17. The van der Waals surface area contributed by atoms with Gasteiger partial charge in [-0.25, -0.2) is 8.78 Å². The van der Waals surface area contributed by atoms with Gasteiger partial charge in [0.05, 0.1) is 19.6 Å². The molecule has 1 aromatic carbocycles. The lowest BCUT2D eigenvalue weighted by Gasteiger charge is -2.14. The van der Waals surface area contributed by atoms with Crippen molar-refractivity contribution in [3.8, 4) is 5.75 Å². The molecule has 106 valence electrons. The number of alkyl halides is 2. The topological polar surface area (TPSA) is 58.6 Å². The Labute approximate surface area is 117 Å². The van der Waals surface area contributed by atoms with E-state index in [1.54, 1.807) is 18.2 Å². The first-order valence-corrected chi connectivity index (χ1v) is 6.36. The second-order valence-corrected chi connectivity index (χ2v) is 4.76. The maximum absolute atomic E-state index is 12.6. The molecule has 0 spiro atoms. The zero-order valence-electron chi connectivity index (χ0n) is 10.0. The van der Waals surface area contributed by atoms with Gasteiger partial charge in [-0.2, -0.15) is 0 Å². The monoisotopic (exact) mass is 337 g/mol. The third kappa shape index (κ3) is 6.49. The van der Waals surface area contributed by atoms with Crippen LogP contribution in [0.3, 0.4) is 0 Å². The van der Waals surface area contributed by atoms with Gasteiger partial charge in [-0.3, -0.25) is 4.79 Å². The molecule has 0 aliphatic heterocycles. The summed E-state index contributed by atoms with van der Waals surface area (Å²) in [6.45, 7) is -2.08. The van der Waals surface area contributed by atoms with Gasteiger partial charge in [-0.1, -0.05) is 22.0 Å². The normalized spacial score (nSPS) is 11.2. The maximum atomic E-state index is 12.6. The van der Waals surface area contributed by atoms with Gasteiger partial charge in [0.2, 0.25) is 5.91 Å². The molecule has 0 radical (unpaired) electrons. The Bertz CT molecular complexity index is 429. The summed E-state index contributed by atoms with van der Waals surface area (Å²) in [5.74, 6) is -3.26. The van der Waals surface area contributed by atoms with Crippen LogP contribution in [0.2, 0.25) is 0 Å². The van der Waals surface area contributed by atoms with Crippen molar-refractivity contribution < 1.29 is 23.4 Å². The van der Waals surface area contributed by atoms with E-state index in [-0.39, 0.29) is 13.0 Å². The second kappa shape index (κ2) is 7.40. The van der Waals surface area contributed by atoms with E-state index in [2.05, 4.69) is 15.9 Å². The summed E-state index contributed by atoms with van der Waals surface area (Å²) in [6, 6.07) is 7.07. The third-order valence-corrected chi connectivity index (χ3v) is 2.66. The lowest BCUT2D eigenvalue weighted by Crippen LogP contribution is -2.39. The first-order valence-electron chi connectivity index (χ1n) is 5.57. The number of ether oxygens (including phenoxy) is 1. The average Bonchev–Trinajstić information content (AvgIpc) is 2.37. The number of rotatable bonds is 7. The molecule has 1 rings (SSSR count). The van der Waals surface area contributed by atoms with Crippen LogP contribution in [-0.4, -0.2) is 36.7 Å². The van der Waals surface area contributed by atoms with Crippen LogP contribution in [0.15, 0.2) is 28.7 Å². The van der Waals surface area contributed by atoms with Crippen molar-refractivity contribution in [3.05, 3.63) is 28.7 Å². The molecule has 0 saturated heterocycles. The van der Waals surface area contributed by atoms with E-state index >= 15 is 0 Å². The number of benzene rings is 1. The Hall–Kier alpha value is -1.21. The lowest BCUT2D eigenvalue weighted by atomic mass is 10.3. The number of aliphatic hydroxyl groups excluding tert-OH is 1. The summed E-state index contributed by atoms with van der Waals surface area (Å²) in [5, 5.41) is 10.4. The van der Waals surface area contributed by atoms with E-state index in [4.69, 9.17) is 9.84 Å². The quantitative estimate of drug-likeness (QED) is 0.799. The van der Waals surface area contributed by atoms with Gasteiger partial charge in [0.15, 0.2) is 0 Å². The number of hydrogen-bond donors (Lipinski definition) is 2. The highest BCUT2D eigenvalue weighted by atomic mass is 79.9. The van der Waals surface area contributed by atoms with Gasteiger partial charge in [0.1, 0.15) is 12.4 Å². The maximum Gasteiger partial charge on any atom is 0.287 e. The fourth-order valence-corrected chi connectivity index (χ4v) is 1.57. The molecular formula is C12H14BrF2NO3. The van der Waals surface area contributed by atoms with Gasteiger partial charge in [0, 0.05) is 4.47 Å². The average molecular weight is 338 g/mol. The SMILES string of the molecule is O=C(CCOc1cccc(Br)c1)NCC(F)(F)CO. The lowest BCUT2D eigenvalue weighted by molar-refractivity contribution is -0.124. The predicted octanol–water partition coefficient (Wildman–Crippen LogP) is 1.96. The Morgan fingerprint density at radius 3 is 2.84 bits per heavy atom. The molecule has 0 atom stereocenters. The molecule has 0 heterocycles. The smallest absolute Gasteiger partial charge is 0.287 e. The number of halogens is 3. The number of aliphatic hydroxyl groups is 1. The van der Waals surface area contributed by atoms with Crippen LogP contribution in [0.5, 0.6) is 5.75 Å². The first kappa shape index (κ1) is 15.8. The van der Waals surface area contributed by atoms with Crippen molar-refractivity contribution in [2.75, 3.05) is 19.8 Å². The van der Waals surface area contributed by atoms with Crippen molar-refractivity contribution >= 4 is 21.8 Å². The molecule has 2 N–H and O–H groups in total.